The summed E-state index contributed by atoms with van der Waals surface area (Å²) in [6.45, 7) is 5.49. The Hall–Kier alpha value is -1.75. The molecule has 1 fully saturated rings. The second-order valence-corrected chi connectivity index (χ2v) is 5.58. The van der Waals surface area contributed by atoms with Crippen molar-refractivity contribution in [3.8, 4) is 11.5 Å². The van der Waals surface area contributed by atoms with Crippen molar-refractivity contribution in [1.82, 2.24) is 10.2 Å². The summed E-state index contributed by atoms with van der Waals surface area (Å²) in [7, 11) is 0. The molecule has 0 unspecified atom stereocenters. The monoisotopic (exact) mass is 290 g/mol. The number of ether oxygens (including phenoxy) is 2. The number of hydrogen-bond donors (Lipinski definition) is 1. The van der Waals surface area contributed by atoms with E-state index in [2.05, 4.69) is 5.32 Å². The molecule has 114 valence electrons. The summed E-state index contributed by atoms with van der Waals surface area (Å²) in [5.41, 5.74) is 1.08. The molecule has 3 rings (SSSR count). The largest absolute Gasteiger partial charge is 0.454 e. The summed E-state index contributed by atoms with van der Waals surface area (Å²) in [5.74, 6) is 1.93. The molecular weight excluding hydrogens is 268 g/mol. The van der Waals surface area contributed by atoms with Crippen LogP contribution in [0.1, 0.15) is 25.3 Å². The Morgan fingerprint density at radius 2 is 2.24 bits per heavy atom. The molecule has 0 aliphatic carbocycles. The molecule has 0 saturated carbocycles. The molecule has 2 heterocycles. The maximum absolute atomic E-state index is 12.6. The van der Waals surface area contributed by atoms with Crippen LogP contribution >= 0.6 is 0 Å². The van der Waals surface area contributed by atoms with Crippen LogP contribution in [0.4, 0.5) is 0 Å². The summed E-state index contributed by atoms with van der Waals surface area (Å²) in [6.07, 6.45) is 2.07. The number of carbonyl (C=O) groups is 1. The van der Waals surface area contributed by atoms with Gasteiger partial charge in [-0.25, -0.2) is 0 Å². The number of hydrogen-bond acceptors (Lipinski definition) is 4. The summed E-state index contributed by atoms with van der Waals surface area (Å²) >= 11 is 0. The van der Waals surface area contributed by atoms with Gasteiger partial charge in [0, 0.05) is 19.6 Å². The third kappa shape index (κ3) is 3.13. The fraction of sp³-hybridized carbons (Fsp3) is 0.562. The van der Waals surface area contributed by atoms with E-state index >= 15 is 0 Å². The second kappa shape index (κ2) is 6.35. The van der Waals surface area contributed by atoms with E-state index in [-0.39, 0.29) is 18.6 Å². The van der Waals surface area contributed by atoms with Gasteiger partial charge in [-0.2, -0.15) is 0 Å². The van der Waals surface area contributed by atoms with E-state index in [1.54, 1.807) is 0 Å². The second-order valence-electron chi connectivity index (χ2n) is 5.58. The van der Waals surface area contributed by atoms with Gasteiger partial charge in [-0.05, 0) is 44.0 Å². The summed E-state index contributed by atoms with van der Waals surface area (Å²) in [6, 6.07) is 5.89. The Balaban J connectivity index is 1.67. The Labute approximate surface area is 125 Å². The quantitative estimate of drug-likeness (QED) is 0.918. The number of carbonyl (C=O) groups excluding carboxylic acids is 1. The van der Waals surface area contributed by atoms with Gasteiger partial charge in [0.05, 0.1) is 5.92 Å². The molecule has 0 spiro atoms. The van der Waals surface area contributed by atoms with Gasteiger partial charge in [0.2, 0.25) is 12.7 Å². The van der Waals surface area contributed by atoms with Crippen LogP contribution in [-0.2, 0) is 11.3 Å². The first-order valence-corrected chi connectivity index (χ1v) is 7.66. The summed E-state index contributed by atoms with van der Waals surface area (Å²) in [5, 5.41) is 3.31. The predicted octanol–water partition coefficient (Wildman–Crippen LogP) is 1.76. The van der Waals surface area contributed by atoms with Crippen molar-refractivity contribution < 1.29 is 14.3 Å². The van der Waals surface area contributed by atoms with Crippen LogP contribution in [-0.4, -0.2) is 37.2 Å². The third-order valence-corrected chi connectivity index (χ3v) is 4.15. The number of benzene rings is 1. The zero-order valence-corrected chi connectivity index (χ0v) is 12.4. The number of nitrogens with one attached hydrogen (secondary N) is 1. The number of amides is 1. The molecule has 1 saturated heterocycles. The van der Waals surface area contributed by atoms with Gasteiger partial charge in [0.1, 0.15) is 0 Å². The molecule has 1 aromatic carbocycles. The number of nitrogens with zero attached hydrogens (tertiary/aromatic N) is 1. The van der Waals surface area contributed by atoms with Crippen molar-refractivity contribution in [2.24, 2.45) is 5.92 Å². The van der Waals surface area contributed by atoms with E-state index in [9.17, 15) is 4.79 Å². The third-order valence-electron chi connectivity index (χ3n) is 4.15. The average Bonchev–Trinajstić information content (AvgIpc) is 3.00. The molecule has 1 amide bonds. The minimum atomic E-state index is 0.118. The minimum Gasteiger partial charge on any atom is -0.454 e. The highest BCUT2D eigenvalue weighted by Crippen LogP contribution is 2.32. The predicted molar refractivity (Wildman–Crippen MR) is 79.2 cm³/mol. The van der Waals surface area contributed by atoms with Crippen molar-refractivity contribution in [3.05, 3.63) is 23.8 Å². The number of piperidine rings is 1. The topological polar surface area (TPSA) is 50.8 Å². The molecule has 0 radical (unpaired) electrons. The molecule has 5 nitrogen and oxygen atoms in total. The fourth-order valence-electron chi connectivity index (χ4n) is 2.93. The smallest absolute Gasteiger partial charge is 0.231 e. The van der Waals surface area contributed by atoms with E-state index < -0.39 is 0 Å². The lowest BCUT2D eigenvalue weighted by Gasteiger charge is -2.29. The van der Waals surface area contributed by atoms with Crippen molar-refractivity contribution in [1.29, 1.82) is 0 Å². The lowest BCUT2D eigenvalue weighted by molar-refractivity contribution is -0.136. The highest BCUT2D eigenvalue weighted by Gasteiger charge is 2.25. The maximum atomic E-state index is 12.6. The lowest BCUT2D eigenvalue weighted by atomic mass is 9.98. The van der Waals surface area contributed by atoms with Crippen molar-refractivity contribution in [2.45, 2.75) is 26.3 Å². The first kappa shape index (κ1) is 14.2. The normalized spacial score (nSPS) is 20.3. The highest BCUT2D eigenvalue weighted by molar-refractivity contribution is 5.79. The van der Waals surface area contributed by atoms with Crippen LogP contribution in [0.2, 0.25) is 0 Å². The standard InChI is InChI=1S/C16H22N2O3/c1-2-18(16(19)13-4-3-7-17-9-13)10-12-5-6-14-15(8-12)21-11-20-14/h5-6,8,13,17H,2-4,7,9-11H2,1H3/t13-/m0/s1. The molecule has 0 bridgehead atoms. The van der Waals surface area contributed by atoms with Gasteiger partial charge in [-0.3, -0.25) is 4.79 Å². The fourth-order valence-corrected chi connectivity index (χ4v) is 2.93. The van der Waals surface area contributed by atoms with E-state index in [1.165, 1.54) is 0 Å². The molecule has 21 heavy (non-hydrogen) atoms. The van der Waals surface area contributed by atoms with Crippen LogP contribution in [0, 0.1) is 5.92 Å². The van der Waals surface area contributed by atoms with Gasteiger partial charge in [-0.15, -0.1) is 0 Å². The first-order chi connectivity index (χ1) is 10.3. The SMILES string of the molecule is CCN(Cc1ccc2c(c1)OCO2)C(=O)[C@H]1CCCNC1. The van der Waals surface area contributed by atoms with Crippen molar-refractivity contribution in [2.75, 3.05) is 26.4 Å². The molecule has 1 N–H and O–H groups in total. The molecule has 2 aliphatic rings. The molecule has 2 aliphatic heterocycles. The van der Waals surface area contributed by atoms with Gasteiger partial charge in [0.25, 0.3) is 0 Å². The van der Waals surface area contributed by atoms with Gasteiger partial charge < -0.3 is 19.7 Å². The Bertz CT molecular complexity index is 512. The zero-order valence-electron chi connectivity index (χ0n) is 12.4. The number of fused-ring (bicyclic) bond motifs is 1. The Morgan fingerprint density at radius 1 is 1.38 bits per heavy atom. The van der Waals surface area contributed by atoms with Crippen LogP contribution in [0.3, 0.4) is 0 Å². The first-order valence-electron chi connectivity index (χ1n) is 7.66. The summed E-state index contributed by atoms with van der Waals surface area (Å²) < 4.78 is 10.7. The highest BCUT2D eigenvalue weighted by atomic mass is 16.7. The Morgan fingerprint density at radius 3 is 3.00 bits per heavy atom. The van der Waals surface area contributed by atoms with E-state index in [0.717, 1.165) is 49.5 Å². The van der Waals surface area contributed by atoms with Crippen LogP contribution in [0.5, 0.6) is 11.5 Å². The van der Waals surface area contributed by atoms with Gasteiger partial charge >= 0.3 is 0 Å². The maximum Gasteiger partial charge on any atom is 0.231 e. The van der Waals surface area contributed by atoms with E-state index in [1.807, 2.05) is 30.0 Å². The van der Waals surface area contributed by atoms with Gasteiger partial charge in [0.15, 0.2) is 11.5 Å². The zero-order chi connectivity index (χ0) is 14.7. The molecular formula is C16H22N2O3. The van der Waals surface area contributed by atoms with E-state index in [0.29, 0.717) is 6.54 Å². The van der Waals surface area contributed by atoms with E-state index in [4.69, 9.17) is 9.47 Å². The number of rotatable bonds is 4. The average molecular weight is 290 g/mol. The molecule has 5 heteroatoms. The van der Waals surface area contributed by atoms with Crippen LogP contribution < -0.4 is 14.8 Å². The van der Waals surface area contributed by atoms with Gasteiger partial charge in [-0.1, -0.05) is 6.07 Å². The molecule has 1 atom stereocenters. The minimum absolute atomic E-state index is 0.118. The summed E-state index contributed by atoms with van der Waals surface area (Å²) in [4.78, 5) is 14.5. The van der Waals surface area contributed by atoms with Crippen LogP contribution in [0.15, 0.2) is 18.2 Å². The molecule has 1 aromatic rings. The molecule has 0 aromatic heterocycles. The van der Waals surface area contributed by atoms with Crippen molar-refractivity contribution in [3.63, 3.8) is 0 Å². The van der Waals surface area contributed by atoms with Crippen LogP contribution in [0.25, 0.3) is 0 Å². The lowest BCUT2D eigenvalue weighted by Crippen LogP contribution is -2.42. The van der Waals surface area contributed by atoms with Crippen molar-refractivity contribution >= 4 is 5.91 Å². The Kier molecular flexibility index (Phi) is 4.29.